The molecule has 5 heteroatoms. The fourth-order valence-corrected chi connectivity index (χ4v) is 7.05. The van der Waals surface area contributed by atoms with Crippen LogP contribution < -0.4 is 0 Å². The quantitative estimate of drug-likeness (QED) is 0.324. The third-order valence-electron chi connectivity index (χ3n) is 8.45. The normalized spacial score (nSPS) is 33.9. The van der Waals surface area contributed by atoms with E-state index in [0.717, 1.165) is 55.6 Å². The van der Waals surface area contributed by atoms with Crippen LogP contribution in [0.15, 0.2) is 24.3 Å². The molecule has 3 aliphatic carbocycles. The molecule has 3 saturated carbocycles. The van der Waals surface area contributed by atoms with Crippen molar-refractivity contribution in [3.05, 3.63) is 47.0 Å². The number of hydrogen-bond donors (Lipinski definition) is 0. The van der Waals surface area contributed by atoms with Crippen molar-refractivity contribution in [2.24, 2.45) is 29.6 Å². The van der Waals surface area contributed by atoms with E-state index in [1.807, 2.05) is 0 Å². The lowest BCUT2D eigenvalue weighted by Crippen LogP contribution is -2.41. The van der Waals surface area contributed by atoms with Gasteiger partial charge in [0.05, 0.1) is 0 Å². The van der Waals surface area contributed by atoms with Gasteiger partial charge in [0.2, 0.25) is 0 Å². The van der Waals surface area contributed by atoms with Crippen LogP contribution in [0.4, 0.5) is 22.0 Å². The Balaban J connectivity index is 1.40. The fraction of sp³-hybridized carbons (Fsp3) is 0.692. The Labute approximate surface area is 182 Å². The highest BCUT2D eigenvalue weighted by Crippen LogP contribution is 2.55. The summed E-state index contributed by atoms with van der Waals surface area (Å²) < 4.78 is 66.9. The Morgan fingerprint density at radius 1 is 0.871 bits per heavy atom. The first kappa shape index (κ1) is 22.8. The first-order valence-corrected chi connectivity index (χ1v) is 11.9. The number of rotatable bonds is 4. The maximum Gasteiger partial charge on any atom is 0.422 e. The van der Waals surface area contributed by atoms with Crippen molar-refractivity contribution >= 4 is 0 Å². The molecule has 0 nitrogen and oxygen atoms in total. The molecule has 3 fully saturated rings. The van der Waals surface area contributed by atoms with Crippen LogP contribution >= 0.6 is 0 Å². The molecule has 172 valence electrons. The molecule has 0 heterocycles. The predicted octanol–water partition coefficient (Wildman–Crippen LogP) is 8.67. The van der Waals surface area contributed by atoms with Crippen molar-refractivity contribution in [3.8, 4) is 0 Å². The molecule has 0 saturated heterocycles. The molecule has 1 unspecified atom stereocenters. The molecule has 1 aromatic carbocycles. The zero-order valence-corrected chi connectivity index (χ0v) is 18.2. The topological polar surface area (TPSA) is 0 Å². The van der Waals surface area contributed by atoms with Crippen molar-refractivity contribution in [3.63, 3.8) is 0 Å². The zero-order valence-electron chi connectivity index (χ0n) is 18.2. The van der Waals surface area contributed by atoms with Crippen LogP contribution in [0.3, 0.4) is 0 Å². The lowest BCUT2D eigenvalue weighted by Gasteiger charge is -2.51. The minimum atomic E-state index is -5.01. The van der Waals surface area contributed by atoms with Crippen molar-refractivity contribution in [1.29, 1.82) is 0 Å². The van der Waals surface area contributed by atoms with Crippen molar-refractivity contribution < 1.29 is 22.0 Å². The standard InChI is InChI=1S/C26H33F5/c1-2-3-4-5-16-6-10-21-18(12-16)7-8-19-13-17(9-11-22(19)21)20-14-23(27)25(24(28)15-20)26(29,30)31/h2-3,14-19,21-22H,4-13H2,1H3/b3-2+/t16-,17?,18-,19+,21+,22+/m1/s1. The maximum absolute atomic E-state index is 14.1. The lowest BCUT2D eigenvalue weighted by molar-refractivity contribution is -0.142. The summed E-state index contributed by atoms with van der Waals surface area (Å²) in [4.78, 5) is 0. The summed E-state index contributed by atoms with van der Waals surface area (Å²) in [6.07, 6.45) is 10.9. The molecule has 0 N–H and O–H groups in total. The van der Waals surface area contributed by atoms with Crippen LogP contribution in [0.25, 0.3) is 0 Å². The van der Waals surface area contributed by atoms with Crippen LogP contribution in [0.2, 0.25) is 0 Å². The third-order valence-corrected chi connectivity index (χ3v) is 8.45. The molecular formula is C26H33F5. The third kappa shape index (κ3) is 4.85. The second kappa shape index (κ2) is 9.23. The van der Waals surface area contributed by atoms with Gasteiger partial charge in [-0.3, -0.25) is 0 Å². The average Bonchev–Trinajstić information content (AvgIpc) is 2.71. The second-order valence-corrected chi connectivity index (χ2v) is 10.1. The Bertz CT molecular complexity index is 772. The van der Waals surface area contributed by atoms with Gasteiger partial charge in [0.15, 0.2) is 0 Å². The summed E-state index contributed by atoms with van der Waals surface area (Å²) in [5.74, 6) is 0.615. The molecule has 0 aliphatic heterocycles. The summed E-state index contributed by atoms with van der Waals surface area (Å²) >= 11 is 0. The molecule has 0 amide bonds. The van der Waals surface area contributed by atoms with E-state index >= 15 is 0 Å². The molecule has 6 atom stereocenters. The van der Waals surface area contributed by atoms with Gasteiger partial charge in [-0.1, -0.05) is 18.6 Å². The summed E-state index contributed by atoms with van der Waals surface area (Å²) in [5, 5.41) is 0. The molecule has 3 aliphatic rings. The fourth-order valence-electron chi connectivity index (χ4n) is 7.05. The van der Waals surface area contributed by atoms with Gasteiger partial charge in [0.25, 0.3) is 0 Å². The van der Waals surface area contributed by atoms with Crippen molar-refractivity contribution in [2.75, 3.05) is 0 Å². The summed E-state index contributed by atoms with van der Waals surface area (Å²) in [5.41, 5.74) is -1.37. The second-order valence-electron chi connectivity index (χ2n) is 10.1. The molecule has 4 rings (SSSR count). The van der Waals surface area contributed by atoms with Gasteiger partial charge < -0.3 is 0 Å². The van der Waals surface area contributed by atoms with E-state index in [9.17, 15) is 22.0 Å². The van der Waals surface area contributed by atoms with Gasteiger partial charge in [-0.05, 0) is 118 Å². The lowest BCUT2D eigenvalue weighted by atomic mass is 9.55. The Kier molecular flexibility index (Phi) is 6.79. The highest BCUT2D eigenvalue weighted by molar-refractivity contribution is 5.31. The first-order valence-electron chi connectivity index (χ1n) is 11.9. The maximum atomic E-state index is 14.1. The molecule has 0 radical (unpaired) electrons. The van der Waals surface area contributed by atoms with E-state index in [-0.39, 0.29) is 5.92 Å². The van der Waals surface area contributed by atoms with Crippen LogP contribution in [0.1, 0.15) is 88.2 Å². The number of alkyl halides is 3. The van der Waals surface area contributed by atoms with Gasteiger partial charge in [-0.25, -0.2) is 8.78 Å². The number of halogens is 5. The van der Waals surface area contributed by atoms with Gasteiger partial charge in [-0.2, -0.15) is 13.2 Å². The Morgan fingerprint density at radius 3 is 2.10 bits per heavy atom. The molecule has 31 heavy (non-hydrogen) atoms. The number of hydrogen-bond acceptors (Lipinski definition) is 0. The molecule has 0 bridgehead atoms. The summed E-state index contributed by atoms with van der Waals surface area (Å²) in [6, 6.07) is 1.86. The molecule has 0 aromatic heterocycles. The zero-order chi connectivity index (χ0) is 22.2. The minimum absolute atomic E-state index is 0.0405. The SMILES string of the molecule is C/C=C/CC[C@@H]1CC[C@H]2[C@H](CC[C@H]3CC(c4cc(F)c(C(F)(F)F)c(F)c4)CC[C@@H]32)C1. The highest BCUT2D eigenvalue weighted by Gasteiger charge is 2.45. The largest absolute Gasteiger partial charge is 0.422 e. The predicted molar refractivity (Wildman–Crippen MR) is 113 cm³/mol. The number of allylic oxidation sites excluding steroid dienone is 2. The van der Waals surface area contributed by atoms with Crippen LogP contribution in [-0.2, 0) is 6.18 Å². The summed E-state index contributed by atoms with van der Waals surface area (Å²) in [6.45, 7) is 2.07. The monoisotopic (exact) mass is 440 g/mol. The van der Waals surface area contributed by atoms with E-state index in [4.69, 9.17) is 0 Å². The Morgan fingerprint density at radius 2 is 1.48 bits per heavy atom. The van der Waals surface area contributed by atoms with E-state index in [1.165, 1.54) is 38.5 Å². The van der Waals surface area contributed by atoms with Gasteiger partial charge in [0.1, 0.15) is 17.2 Å². The van der Waals surface area contributed by atoms with E-state index in [1.54, 1.807) is 0 Å². The smallest absolute Gasteiger partial charge is 0.206 e. The van der Waals surface area contributed by atoms with E-state index in [2.05, 4.69) is 19.1 Å². The van der Waals surface area contributed by atoms with Gasteiger partial charge >= 0.3 is 6.18 Å². The highest BCUT2D eigenvalue weighted by atomic mass is 19.4. The van der Waals surface area contributed by atoms with E-state index in [0.29, 0.717) is 17.4 Å². The van der Waals surface area contributed by atoms with Crippen LogP contribution in [0.5, 0.6) is 0 Å². The van der Waals surface area contributed by atoms with Crippen molar-refractivity contribution in [2.45, 2.75) is 83.2 Å². The first-order chi connectivity index (χ1) is 14.8. The Hall–Kier alpha value is -1.39. The van der Waals surface area contributed by atoms with Crippen molar-refractivity contribution in [1.82, 2.24) is 0 Å². The number of fused-ring (bicyclic) bond motifs is 3. The molecule has 1 aromatic rings. The van der Waals surface area contributed by atoms with Crippen LogP contribution in [-0.4, -0.2) is 0 Å². The average molecular weight is 441 g/mol. The molecular weight excluding hydrogens is 407 g/mol. The minimum Gasteiger partial charge on any atom is -0.206 e. The van der Waals surface area contributed by atoms with E-state index < -0.39 is 23.4 Å². The summed E-state index contributed by atoms with van der Waals surface area (Å²) in [7, 11) is 0. The van der Waals surface area contributed by atoms with Gasteiger partial charge in [-0.15, -0.1) is 0 Å². The number of benzene rings is 1. The van der Waals surface area contributed by atoms with Gasteiger partial charge in [0, 0.05) is 0 Å². The molecule has 0 spiro atoms. The van der Waals surface area contributed by atoms with Crippen LogP contribution in [0, 0.1) is 41.2 Å².